The zero-order chi connectivity index (χ0) is 32.8. The molecule has 4 aromatic rings. The molecule has 0 radical (unpaired) electrons. The van der Waals surface area contributed by atoms with Crippen molar-refractivity contribution in [1.82, 2.24) is 9.78 Å². The van der Waals surface area contributed by atoms with Crippen molar-refractivity contribution >= 4 is 52.4 Å². The number of aliphatic carboxylic acids is 1. The first kappa shape index (κ1) is 33.1. The molecule has 2 N–H and O–H groups in total. The summed E-state index contributed by atoms with van der Waals surface area (Å²) in [5, 5.41) is 15.4. The monoisotopic (exact) mass is 670 g/mol. The second-order valence-corrected chi connectivity index (χ2v) is 12.3. The third-order valence-corrected chi connectivity index (χ3v) is 8.86. The number of carbonyl (C=O) groups excluding carboxylic acids is 2. The molecule has 1 saturated heterocycles. The van der Waals surface area contributed by atoms with E-state index in [1.165, 1.54) is 34.9 Å². The molecule has 3 aromatic carbocycles. The second kappa shape index (κ2) is 14.4. The number of halogens is 4. The number of amides is 1. The zero-order valence-corrected chi connectivity index (χ0v) is 26.1. The van der Waals surface area contributed by atoms with Crippen LogP contribution in [0.15, 0.2) is 73.1 Å². The van der Waals surface area contributed by atoms with Crippen molar-refractivity contribution in [3.05, 3.63) is 106 Å². The SMILES string of the molecule is O=C(O)CCSCc1cccc(C(=O)Nc2ccc(N3CCCCC3)cc2C(=O)c2cnn(-c3ccc(Cl)c(C(F)(F)F)c3)c2)c1. The quantitative estimate of drug-likeness (QED) is 0.124. The topological polar surface area (TPSA) is 105 Å². The lowest BCUT2D eigenvalue weighted by Crippen LogP contribution is -2.29. The number of ketones is 1. The van der Waals surface area contributed by atoms with Crippen LogP contribution in [0.25, 0.3) is 5.69 Å². The van der Waals surface area contributed by atoms with Crippen molar-refractivity contribution in [2.24, 2.45) is 0 Å². The number of rotatable bonds is 11. The summed E-state index contributed by atoms with van der Waals surface area (Å²) in [6.07, 6.45) is 1.14. The van der Waals surface area contributed by atoms with Crippen molar-refractivity contribution in [1.29, 1.82) is 0 Å². The Labute approximate surface area is 272 Å². The highest BCUT2D eigenvalue weighted by atomic mass is 35.5. The van der Waals surface area contributed by atoms with Gasteiger partial charge in [-0.05, 0) is 73.4 Å². The van der Waals surface area contributed by atoms with Gasteiger partial charge in [0.1, 0.15) is 0 Å². The molecule has 1 aliphatic rings. The Kier molecular flexibility index (Phi) is 10.4. The molecule has 1 fully saturated rings. The summed E-state index contributed by atoms with van der Waals surface area (Å²) in [6.45, 7) is 1.65. The lowest BCUT2D eigenvalue weighted by molar-refractivity contribution is -0.138. The largest absolute Gasteiger partial charge is 0.481 e. The van der Waals surface area contributed by atoms with Gasteiger partial charge >= 0.3 is 12.1 Å². The number of carbonyl (C=O) groups is 3. The zero-order valence-electron chi connectivity index (χ0n) is 24.5. The lowest BCUT2D eigenvalue weighted by atomic mass is 10.0. The fourth-order valence-electron chi connectivity index (χ4n) is 5.13. The fraction of sp³-hybridized carbons (Fsp3) is 0.273. The summed E-state index contributed by atoms with van der Waals surface area (Å²) in [7, 11) is 0. The molecule has 0 bridgehead atoms. The van der Waals surface area contributed by atoms with Crippen LogP contribution in [0.1, 0.15) is 63.1 Å². The van der Waals surface area contributed by atoms with E-state index in [4.69, 9.17) is 16.7 Å². The van der Waals surface area contributed by atoms with E-state index in [0.29, 0.717) is 17.1 Å². The minimum absolute atomic E-state index is 0.0439. The number of carboxylic acid groups (broad SMARTS) is 1. The van der Waals surface area contributed by atoms with E-state index in [0.717, 1.165) is 55.7 Å². The third-order valence-electron chi connectivity index (χ3n) is 7.50. The Morgan fingerprint density at radius 3 is 2.46 bits per heavy atom. The first-order valence-electron chi connectivity index (χ1n) is 14.5. The van der Waals surface area contributed by atoms with E-state index in [1.54, 1.807) is 30.3 Å². The van der Waals surface area contributed by atoms with Crippen LogP contribution in [0, 0.1) is 0 Å². The predicted octanol–water partition coefficient (Wildman–Crippen LogP) is 7.73. The Bertz CT molecular complexity index is 1750. The van der Waals surface area contributed by atoms with Gasteiger partial charge in [0, 0.05) is 47.6 Å². The van der Waals surface area contributed by atoms with E-state index in [1.807, 2.05) is 12.1 Å². The standard InChI is InChI=1S/C33H30ClF3N4O4S/c34-28-9-7-25(17-27(28)33(35,36)37)41-19-23(18-38-41)31(44)26-16-24(40-12-2-1-3-13-40)8-10-29(26)39-32(45)22-6-4-5-21(15-22)20-46-14-11-30(42)43/h4-10,15-19H,1-3,11-14,20H2,(H,39,45)(H,42,43). The van der Waals surface area contributed by atoms with Gasteiger partial charge in [-0.1, -0.05) is 23.7 Å². The fourth-order valence-corrected chi connectivity index (χ4v) is 6.24. The van der Waals surface area contributed by atoms with Crippen LogP contribution in [0.3, 0.4) is 0 Å². The molecule has 13 heteroatoms. The molecule has 5 rings (SSSR count). The Hall–Kier alpha value is -4.29. The van der Waals surface area contributed by atoms with Crippen molar-refractivity contribution in [3.63, 3.8) is 0 Å². The summed E-state index contributed by atoms with van der Waals surface area (Å²) < 4.78 is 41.5. The number of alkyl halides is 3. The maximum absolute atomic E-state index is 13.9. The van der Waals surface area contributed by atoms with Gasteiger partial charge in [-0.15, -0.1) is 0 Å². The Morgan fingerprint density at radius 1 is 0.957 bits per heavy atom. The smallest absolute Gasteiger partial charge is 0.417 e. The van der Waals surface area contributed by atoms with Crippen LogP contribution in [-0.2, 0) is 16.7 Å². The predicted molar refractivity (Wildman–Crippen MR) is 172 cm³/mol. The van der Waals surface area contributed by atoms with Crippen LogP contribution in [0.4, 0.5) is 24.5 Å². The lowest BCUT2D eigenvalue weighted by Gasteiger charge is -2.29. The summed E-state index contributed by atoms with van der Waals surface area (Å²) in [4.78, 5) is 40.3. The molecule has 0 spiro atoms. The van der Waals surface area contributed by atoms with Gasteiger partial charge in [-0.2, -0.15) is 30.0 Å². The minimum Gasteiger partial charge on any atom is -0.481 e. The summed E-state index contributed by atoms with van der Waals surface area (Å²) in [5.74, 6) is -0.795. The summed E-state index contributed by atoms with van der Waals surface area (Å²) >= 11 is 7.22. The van der Waals surface area contributed by atoms with Crippen LogP contribution in [0.5, 0.6) is 0 Å². The number of benzene rings is 3. The van der Waals surface area contributed by atoms with Gasteiger partial charge in [-0.3, -0.25) is 14.4 Å². The van der Waals surface area contributed by atoms with Gasteiger partial charge in [0.25, 0.3) is 5.91 Å². The summed E-state index contributed by atoms with van der Waals surface area (Å²) in [6, 6.07) is 15.6. The highest BCUT2D eigenvalue weighted by Gasteiger charge is 2.33. The number of anilines is 2. The first-order chi connectivity index (χ1) is 22.0. The van der Waals surface area contributed by atoms with E-state index in [2.05, 4.69) is 15.3 Å². The second-order valence-electron chi connectivity index (χ2n) is 10.8. The molecular formula is C33H30ClF3N4O4S. The molecule has 2 heterocycles. The van der Waals surface area contributed by atoms with Gasteiger partial charge in [0.15, 0.2) is 5.78 Å². The number of nitrogens with zero attached hydrogens (tertiary/aromatic N) is 3. The van der Waals surface area contributed by atoms with E-state index in [9.17, 15) is 27.6 Å². The van der Waals surface area contributed by atoms with Crippen LogP contribution < -0.4 is 10.2 Å². The van der Waals surface area contributed by atoms with E-state index in [-0.39, 0.29) is 28.9 Å². The Morgan fingerprint density at radius 2 is 1.72 bits per heavy atom. The number of aromatic nitrogens is 2. The minimum atomic E-state index is -4.67. The third kappa shape index (κ3) is 8.10. The molecular weight excluding hydrogens is 641 g/mol. The first-order valence-corrected chi connectivity index (χ1v) is 16.1. The molecule has 0 unspecified atom stereocenters. The molecule has 8 nitrogen and oxygen atoms in total. The maximum Gasteiger partial charge on any atom is 0.417 e. The number of nitrogens with one attached hydrogen (secondary N) is 1. The molecule has 0 saturated carbocycles. The molecule has 1 amide bonds. The van der Waals surface area contributed by atoms with Crippen molar-refractivity contribution < 1.29 is 32.7 Å². The van der Waals surface area contributed by atoms with Crippen molar-refractivity contribution in [2.75, 3.05) is 29.1 Å². The highest BCUT2D eigenvalue weighted by Crippen LogP contribution is 2.36. The van der Waals surface area contributed by atoms with Gasteiger partial charge < -0.3 is 15.3 Å². The highest BCUT2D eigenvalue weighted by molar-refractivity contribution is 7.98. The van der Waals surface area contributed by atoms with E-state index >= 15 is 0 Å². The molecule has 0 aliphatic carbocycles. The average Bonchev–Trinajstić information content (AvgIpc) is 3.53. The maximum atomic E-state index is 13.9. The van der Waals surface area contributed by atoms with Crippen LogP contribution >= 0.6 is 23.4 Å². The van der Waals surface area contributed by atoms with E-state index < -0.39 is 34.4 Å². The number of hydrogen-bond acceptors (Lipinski definition) is 6. The van der Waals surface area contributed by atoms with Crippen LogP contribution in [0.2, 0.25) is 5.02 Å². The number of piperidine rings is 1. The number of thioether (sulfide) groups is 1. The Balaban J connectivity index is 1.42. The number of hydrogen-bond donors (Lipinski definition) is 2. The van der Waals surface area contributed by atoms with Gasteiger partial charge in [-0.25, -0.2) is 4.68 Å². The van der Waals surface area contributed by atoms with Crippen molar-refractivity contribution in [2.45, 2.75) is 37.6 Å². The van der Waals surface area contributed by atoms with Crippen LogP contribution in [-0.4, -0.2) is 51.4 Å². The van der Waals surface area contributed by atoms with Crippen molar-refractivity contribution in [3.8, 4) is 5.69 Å². The summed E-state index contributed by atoms with van der Waals surface area (Å²) in [5.41, 5.74) is 1.70. The molecule has 46 heavy (non-hydrogen) atoms. The average molecular weight is 671 g/mol. The van der Waals surface area contributed by atoms with Gasteiger partial charge in [0.05, 0.1) is 40.1 Å². The normalized spacial score (nSPS) is 13.4. The molecule has 1 aliphatic heterocycles. The molecule has 1 aromatic heterocycles. The molecule has 240 valence electrons. The number of carboxylic acids is 1. The van der Waals surface area contributed by atoms with Gasteiger partial charge in [0.2, 0.25) is 0 Å². The molecule has 0 atom stereocenters.